The summed E-state index contributed by atoms with van der Waals surface area (Å²) in [6.45, 7) is 4.09. The molecule has 0 aromatic heterocycles. The third-order valence-corrected chi connectivity index (χ3v) is 7.84. The molecule has 2 atom stereocenters. The molecule has 5 rings (SSSR count). The van der Waals surface area contributed by atoms with Crippen molar-refractivity contribution >= 4 is 11.3 Å². The topological polar surface area (TPSA) is 69.7 Å². The molecule has 0 N–H and O–H groups in total. The maximum atomic E-state index is 12.8. The number of benzene rings is 2. The highest BCUT2D eigenvalue weighted by Crippen LogP contribution is 2.44. The predicted octanol–water partition coefficient (Wildman–Crippen LogP) is 2.66. The van der Waals surface area contributed by atoms with Gasteiger partial charge in [-0.3, -0.25) is 4.90 Å². The molecule has 1 fully saturated rings. The molecule has 8 nitrogen and oxygen atoms in total. The van der Waals surface area contributed by atoms with Gasteiger partial charge in [0.2, 0.25) is 0 Å². The highest BCUT2D eigenvalue weighted by Gasteiger charge is 2.34. The Morgan fingerprint density at radius 2 is 1.48 bits per heavy atom. The van der Waals surface area contributed by atoms with Crippen molar-refractivity contribution in [2.75, 3.05) is 54.2 Å². The fraction of sp³-hybridized carbons (Fsp3) is 0.500. The molecule has 9 heteroatoms. The molecule has 3 heterocycles. The van der Waals surface area contributed by atoms with E-state index in [1.807, 2.05) is 12.1 Å². The second-order valence-corrected chi connectivity index (χ2v) is 9.58. The van der Waals surface area contributed by atoms with Crippen LogP contribution in [0.2, 0.25) is 0 Å². The standard InChI is InChI=1S/C24H30N2O6S/c1-28-21-12-17-10-20-19-14-24(32-33(27)26-6-8-31-9-7-26)23(30-3)11-16(19)4-5-25(20)15-18(17)13-22(21)29-2/h11-14,20H,4-10,15H2,1-3H3. The number of fused-ring (bicyclic) bond motifs is 4. The molecule has 2 aromatic rings. The van der Waals surface area contributed by atoms with E-state index in [-0.39, 0.29) is 6.04 Å². The van der Waals surface area contributed by atoms with Crippen molar-refractivity contribution in [2.45, 2.75) is 25.4 Å². The van der Waals surface area contributed by atoms with Crippen molar-refractivity contribution in [2.24, 2.45) is 0 Å². The number of nitrogens with zero attached hydrogens (tertiary/aromatic N) is 2. The Morgan fingerprint density at radius 3 is 2.18 bits per heavy atom. The van der Waals surface area contributed by atoms with Crippen molar-refractivity contribution in [3.05, 3.63) is 46.5 Å². The zero-order valence-corrected chi connectivity index (χ0v) is 20.1. The molecule has 0 spiro atoms. The van der Waals surface area contributed by atoms with Crippen molar-refractivity contribution in [3.8, 4) is 23.0 Å². The van der Waals surface area contributed by atoms with Crippen LogP contribution in [0, 0.1) is 0 Å². The highest BCUT2D eigenvalue weighted by molar-refractivity contribution is 7.78. The molecule has 2 aromatic carbocycles. The van der Waals surface area contributed by atoms with E-state index in [0.717, 1.165) is 37.4 Å². The van der Waals surface area contributed by atoms with E-state index in [1.165, 1.54) is 22.3 Å². The summed E-state index contributed by atoms with van der Waals surface area (Å²) >= 11 is -1.59. The molecular weight excluding hydrogens is 444 g/mol. The van der Waals surface area contributed by atoms with E-state index in [1.54, 1.807) is 25.6 Å². The second-order valence-electron chi connectivity index (χ2n) is 8.46. The summed E-state index contributed by atoms with van der Waals surface area (Å²) in [5, 5.41) is 0. The average Bonchev–Trinajstić information content (AvgIpc) is 2.86. The van der Waals surface area contributed by atoms with Crippen LogP contribution in [0.4, 0.5) is 0 Å². The quantitative estimate of drug-likeness (QED) is 0.638. The Bertz CT molecular complexity index is 1060. The van der Waals surface area contributed by atoms with E-state index < -0.39 is 11.3 Å². The summed E-state index contributed by atoms with van der Waals surface area (Å²) in [6.07, 6.45) is 1.79. The van der Waals surface area contributed by atoms with Crippen molar-refractivity contribution in [3.63, 3.8) is 0 Å². The molecule has 0 radical (unpaired) electrons. The molecule has 3 aliphatic heterocycles. The van der Waals surface area contributed by atoms with Gasteiger partial charge in [0.1, 0.15) is 0 Å². The lowest BCUT2D eigenvalue weighted by molar-refractivity contribution is 0.0727. The lowest BCUT2D eigenvalue weighted by Gasteiger charge is -2.41. The van der Waals surface area contributed by atoms with Crippen LogP contribution >= 0.6 is 0 Å². The lowest BCUT2D eigenvalue weighted by atomic mass is 9.83. The number of hydrogen-bond acceptors (Lipinski definition) is 7. The van der Waals surface area contributed by atoms with Crippen LogP contribution in [0.5, 0.6) is 23.0 Å². The molecule has 2 unspecified atom stereocenters. The van der Waals surface area contributed by atoms with Gasteiger partial charge < -0.3 is 23.1 Å². The van der Waals surface area contributed by atoms with Crippen LogP contribution in [0.25, 0.3) is 0 Å². The van der Waals surface area contributed by atoms with Crippen LogP contribution in [-0.4, -0.2) is 67.6 Å². The number of methoxy groups -OCH3 is 3. The van der Waals surface area contributed by atoms with Crippen molar-refractivity contribution in [1.29, 1.82) is 0 Å². The number of ether oxygens (including phenoxy) is 4. The Hall–Kier alpha value is -2.33. The number of hydrogen-bond donors (Lipinski definition) is 0. The first kappa shape index (κ1) is 22.5. The summed E-state index contributed by atoms with van der Waals surface area (Å²) in [6, 6.07) is 8.46. The maximum Gasteiger partial charge on any atom is 0.291 e. The minimum Gasteiger partial charge on any atom is -0.493 e. The van der Waals surface area contributed by atoms with Crippen LogP contribution in [-0.2, 0) is 35.4 Å². The first-order chi connectivity index (χ1) is 16.1. The highest BCUT2D eigenvalue weighted by atomic mass is 32.2. The minimum absolute atomic E-state index is 0.212. The minimum atomic E-state index is -1.59. The second kappa shape index (κ2) is 9.50. The van der Waals surface area contributed by atoms with Crippen LogP contribution in [0.15, 0.2) is 24.3 Å². The normalized spacial score (nSPS) is 21.4. The Kier molecular flexibility index (Phi) is 6.47. The van der Waals surface area contributed by atoms with Crippen molar-refractivity contribution in [1.82, 2.24) is 9.21 Å². The van der Waals surface area contributed by atoms with Crippen LogP contribution < -0.4 is 18.4 Å². The first-order valence-electron chi connectivity index (χ1n) is 11.2. The van der Waals surface area contributed by atoms with Crippen molar-refractivity contribution < 1.29 is 27.3 Å². The van der Waals surface area contributed by atoms with Crippen LogP contribution in [0.1, 0.15) is 28.3 Å². The average molecular weight is 475 g/mol. The predicted molar refractivity (Wildman–Crippen MR) is 124 cm³/mol. The summed E-state index contributed by atoms with van der Waals surface area (Å²) in [5.41, 5.74) is 4.99. The largest absolute Gasteiger partial charge is 0.493 e. The van der Waals surface area contributed by atoms with Gasteiger partial charge >= 0.3 is 0 Å². The molecule has 1 saturated heterocycles. The first-order valence-corrected chi connectivity index (χ1v) is 12.3. The van der Waals surface area contributed by atoms with Gasteiger partial charge in [-0.1, -0.05) is 0 Å². The Morgan fingerprint density at radius 1 is 0.848 bits per heavy atom. The van der Waals surface area contributed by atoms with Gasteiger partial charge in [0.05, 0.1) is 34.5 Å². The van der Waals surface area contributed by atoms with E-state index >= 15 is 0 Å². The fourth-order valence-corrected chi connectivity index (χ4v) is 5.80. The van der Waals surface area contributed by atoms with Gasteiger partial charge in [0, 0.05) is 32.2 Å². The monoisotopic (exact) mass is 474 g/mol. The smallest absolute Gasteiger partial charge is 0.291 e. The summed E-state index contributed by atoms with van der Waals surface area (Å²) < 4.78 is 42.6. The summed E-state index contributed by atoms with van der Waals surface area (Å²) in [5.74, 6) is 2.64. The molecule has 0 bridgehead atoms. The molecular formula is C24H30N2O6S. The molecule has 33 heavy (non-hydrogen) atoms. The lowest BCUT2D eigenvalue weighted by Crippen LogP contribution is -2.40. The SMILES string of the molecule is COc1cc2c(cc1OC)CN1CCc3cc(OC)c(OS(=O)N4CCOCC4)cc3C1C2. The molecule has 0 saturated carbocycles. The van der Waals surface area contributed by atoms with E-state index in [0.29, 0.717) is 37.8 Å². The number of morpholine rings is 1. The summed E-state index contributed by atoms with van der Waals surface area (Å²) in [4.78, 5) is 2.49. The summed E-state index contributed by atoms with van der Waals surface area (Å²) in [7, 11) is 4.96. The fourth-order valence-electron chi connectivity index (χ4n) is 4.97. The van der Waals surface area contributed by atoms with Gasteiger partial charge in [-0.25, -0.2) is 0 Å². The van der Waals surface area contributed by atoms with Gasteiger partial charge in [-0.2, -0.15) is 8.51 Å². The zero-order chi connectivity index (χ0) is 22.9. The molecule has 0 amide bonds. The molecule has 178 valence electrons. The third kappa shape index (κ3) is 4.30. The van der Waals surface area contributed by atoms with Gasteiger partial charge in [0.25, 0.3) is 11.3 Å². The molecule has 3 aliphatic rings. The van der Waals surface area contributed by atoms with E-state index in [2.05, 4.69) is 17.0 Å². The van der Waals surface area contributed by atoms with E-state index in [4.69, 9.17) is 23.1 Å². The van der Waals surface area contributed by atoms with Gasteiger partial charge in [-0.15, -0.1) is 0 Å². The van der Waals surface area contributed by atoms with Gasteiger partial charge in [0.15, 0.2) is 23.0 Å². The third-order valence-electron chi connectivity index (χ3n) is 6.73. The Labute approximate surface area is 197 Å². The zero-order valence-electron chi connectivity index (χ0n) is 19.3. The molecule has 0 aliphatic carbocycles. The van der Waals surface area contributed by atoms with E-state index in [9.17, 15) is 4.21 Å². The maximum absolute atomic E-state index is 12.8. The Balaban J connectivity index is 1.46. The van der Waals surface area contributed by atoms with Crippen LogP contribution in [0.3, 0.4) is 0 Å². The van der Waals surface area contributed by atoms with Gasteiger partial charge in [-0.05, 0) is 59.4 Å². The number of rotatable bonds is 6.